The van der Waals surface area contributed by atoms with Crippen molar-refractivity contribution < 1.29 is 8.42 Å². The minimum Gasteiger partial charge on any atom is -0.246 e. The van der Waals surface area contributed by atoms with Crippen LogP contribution in [-0.4, -0.2) is 13.4 Å². The molecule has 0 spiro atoms. The van der Waals surface area contributed by atoms with Crippen molar-refractivity contribution in [3.05, 3.63) is 80.7 Å². The van der Waals surface area contributed by atoms with Gasteiger partial charge < -0.3 is 0 Å². The first-order valence-corrected chi connectivity index (χ1v) is 11.3. The standard InChI is InChI=1S/C19H19BrN2O2S2/c1-13-8-10-15(11-9-13)26(23,24)22-19(17-6-4-12-25-17)14(2)16-5-3-7-18(20)21-16/h3-12,14,19,22H,1-2H3/t14-,19+/m0/s1. The zero-order chi connectivity index (χ0) is 18.7. The largest absolute Gasteiger partial charge is 0.246 e. The molecule has 0 amide bonds. The van der Waals surface area contributed by atoms with Crippen molar-refractivity contribution in [3.63, 3.8) is 0 Å². The van der Waals surface area contributed by atoms with E-state index < -0.39 is 16.1 Å². The zero-order valence-electron chi connectivity index (χ0n) is 14.4. The number of sulfonamides is 1. The highest BCUT2D eigenvalue weighted by Gasteiger charge is 2.28. The highest BCUT2D eigenvalue weighted by molar-refractivity contribution is 9.10. The van der Waals surface area contributed by atoms with Gasteiger partial charge >= 0.3 is 0 Å². The molecular formula is C19H19BrN2O2S2. The number of aromatic nitrogens is 1. The van der Waals surface area contributed by atoms with Gasteiger partial charge in [-0.3, -0.25) is 0 Å². The van der Waals surface area contributed by atoms with Crippen LogP contribution in [0.1, 0.15) is 35.0 Å². The number of hydrogen-bond donors (Lipinski definition) is 1. The number of thiophene rings is 1. The lowest BCUT2D eigenvalue weighted by molar-refractivity contribution is 0.514. The summed E-state index contributed by atoms with van der Waals surface area (Å²) >= 11 is 4.92. The second-order valence-corrected chi connectivity index (χ2v) is 9.61. The van der Waals surface area contributed by atoms with Crippen LogP contribution in [0.2, 0.25) is 0 Å². The minimum atomic E-state index is -3.65. The lowest BCUT2D eigenvalue weighted by atomic mass is 9.97. The van der Waals surface area contributed by atoms with Gasteiger partial charge in [0.2, 0.25) is 10.0 Å². The Balaban J connectivity index is 1.96. The van der Waals surface area contributed by atoms with E-state index in [4.69, 9.17) is 0 Å². The number of nitrogens with zero attached hydrogens (tertiary/aromatic N) is 1. The van der Waals surface area contributed by atoms with Crippen molar-refractivity contribution in [1.82, 2.24) is 9.71 Å². The molecule has 7 heteroatoms. The average Bonchev–Trinajstić information content (AvgIpc) is 3.14. The van der Waals surface area contributed by atoms with E-state index in [2.05, 4.69) is 25.6 Å². The lowest BCUT2D eigenvalue weighted by Gasteiger charge is -2.24. The van der Waals surface area contributed by atoms with Crippen molar-refractivity contribution >= 4 is 37.3 Å². The molecule has 3 aromatic rings. The average molecular weight is 451 g/mol. The third-order valence-corrected chi connectivity index (χ3v) is 7.02. The third kappa shape index (κ3) is 4.40. The fourth-order valence-corrected chi connectivity index (χ4v) is 5.28. The molecule has 1 aromatic carbocycles. The van der Waals surface area contributed by atoms with E-state index in [9.17, 15) is 8.42 Å². The monoisotopic (exact) mass is 450 g/mol. The number of pyridine rings is 1. The van der Waals surface area contributed by atoms with Crippen molar-refractivity contribution in [2.45, 2.75) is 30.7 Å². The molecule has 0 saturated heterocycles. The molecule has 0 aliphatic rings. The van der Waals surface area contributed by atoms with Gasteiger partial charge in [-0.1, -0.05) is 36.8 Å². The normalized spacial score (nSPS) is 14.1. The first kappa shape index (κ1) is 19.2. The van der Waals surface area contributed by atoms with E-state index in [-0.39, 0.29) is 10.8 Å². The Bertz CT molecular complexity index is 971. The molecule has 0 bridgehead atoms. The maximum absolute atomic E-state index is 12.9. The third-order valence-electron chi connectivity index (χ3n) is 4.17. The summed E-state index contributed by atoms with van der Waals surface area (Å²) in [4.78, 5) is 5.72. The molecule has 2 heterocycles. The van der Waals surface area contributed by atoms with Crippen molar-refractivity contribution in [1.29, 1.82) is 0 Å². The van der Waals surface area contributed by atoms with Crippen LogP contribution in [0.4, 0.5) is 0 Å². The summed E-state index contributed by atoms with van der Waals surface area (Å²) in [5.74, 6) is -0.133. The molecule has 4 nitrogen and oxygen atoms in total. The first-order valence-electron chi connectivity index (χ1n) is 8.12. The predicted octanol–water partition coefficient (Wildman–Crippen LogP) is 5.04. The maximum atomic E-state index is 12.9. The van der Waals surface area contributed by atoms with Gasteiger partial charge in [-0.2, -0.15) is 0 Å². The Morgan fingerprint density at radius 3 is 2.42 bits per heavy atom. The Kier molecular flexibility index (Phi) is 5.92. The van der Waals surface area contributed by atoms with Crippen LogP contribution in [0, 0.1) is 6.92 Å². The molecule has 0 radical (unpaired) electrons. The highest BCUT2D eigenvalue weighted by Crippen LogP contribution is 2.34. The second kappa shape index (κ2) is 8.00. The van der Waals surface area contributed by atoms with Crippen LogP contribution >= 0.6 is 27.3 Å². The summed E-state index contributed by atoms with van der Waals surface area (Å²) in [6.45, 7) is 3.91. The molecule has 1 N–H and O–H groups in total. The summed E-state index contributed by atoms with van der Waals surface area (Å²) < 4.78 is 29.4. The van der Waals surface area contributed by atoms with Gasteiger partial charge in [0, 0.05) is 16.5 Å². The van der Waals surface area contributed by atoms with Crippen molar-refractivity contribution in [2.24, 2.45) is 0 Å². The van der Waals surface area contributed by atoms with E-state index >= 15 is 0 Å². The Morgan fingerprint density at radius 2 is 1.81 bits per heavy atom. The smallest absolute Gasteiger partial charge is 0.241 e. The van der Waals surface area contributed by atoms with Gasteiger partial charge in [-0.05, 0) is 58.6 Å². The maximum Gasteiger partial charge on any atom is 0.241 e. The molecule has 0 aliphatic heterocycles. The number of hydrogen-bond acceptors (Lipinski definition) is 4. The van der Waals surface area contributed by atoms with Crippen LogP contribution in [-0.2, 0) is 10.0 Å². The van der Waals surface area contributed by atoms with E-state index in [0.717, 1.165) is 20.7 Å². The molecular weight excluding hydrogens is 432 g/mol. The summed E-state index contributed by atoms with van der Waals surface area (Å²) in [7, 11) is -3.65. The summed E-state index contributed by atoms with van der Waals surface area (Å²) in [6.07, 6.45) is 0. The number of nitrogens with one attached hydrogen (secondary N) is 1. The van der Waals surface area contributed by atoms with E-state index in [0.29, 0.717) is 0 Å². The Morgan fingerprint density at radius 1 is 1.08 bits per heavy atom. The minimum absolute atomic E-state index is 0.133. The molecule has 3 rings (SSSR count). The second-order valence-electron chi connectivity index (χ2n) is 6.10. The molecule has 26 heavy (non-hydrogen) atoms. The zero-order valence-corrected chi connectivity index (χ0v) is 17.6. The van der Waals surface area contributed by atoms with E-state index in [1.807, 2.05) is 49.6 Å². The fourth-order valence-electron chi connectivity index (χ4n) is 2.68. The number of aryl methyl sites for hydroxylation is 1. The molecule has 2 atom stereocenters. The van der Waals surface area contributed by atoms with Gasteiger partial charge in [-0.15, -0.1) is 11.3 Å². The lowest BCUT2D eigenvalue weighted by Crippen LogP contribution is -2.31. The first-order chi connectivity index (χ1) is 12.4. The Labute approximate surface area is 166 Å². The molecule has 2 aromatic heterocycles. The Hall–Kier alpha value is -1.54. The van der Waals surface area contributed by atoms with Gasteiger partial charge in [0.15, 0.2) is 0 Å². The summed E-state index contributed by atoms with van der Waals surface area (Å²) in [5, 5.41) is 1.95. The quantitative estimate of drug-likeness (QED) is 0.535. The molecule has 0 unspecified atom stereocenters. The SMILES string of the molecule is Cc1ccc(S(=O)(=O)N[C@@H](c2cccs2)[C@@H](C)c2cccc(Br)n2)cc1. The van der Waals surface area contributed by atoms with Crippen molar-refractivity contribution in [3.8, 4) is 0 Å². The van der Waals surface area contributed by atoms with Crippen LogP contribution in [0.15, 0.2) is 69.5 Å². The molecule has 0 aliphatic carbocycles. The fraction of sp³-hybridized carbons (Fsp3) is 0.211. The summed E-state index contributed by atoms with van der Waals surface area (Å²) in [6, 6.07) is 16.0. The van der Waals surface area contributed by atoms with Crippen LogP contribution in [0.3, 0.4) is 0 Å². The van der Waals surface area contributed by atoms with Crippen LogP contribution in [0.5, 0.6) is 0 Å². The van der Waals surface area contributed by atoms with Crippen LogP contribution in [0.25, 0.3) is 0 Å². The predicted molar refractivity (Wildman–Crippen MR) is 109 cm³/mol. The van der Waals surface area contributed by atoms with Crippen molar-refractivity contribution in [2.75, 3.05) is 0 Å². The topological polar surface area (TPSA) is 59.1 Å². The molecule has 0 saturated carbocycles. The van der Waals surface area contributed by atoms with E-state index in [1.165, 1.54) is 11.3 Å². The number of rotatable bonds is 6. The van der Waals surface area contributed by atoms with Gasteiger partial charge in [-0.25, -0.2) is 18.1 Å². The van der Waals surface area contributed by atoms with Gasteiger partial charge in [0.25, 0.3) is 0 Å². The highest BCUT2D eigenvalue weighted by atomic mass is 79.9. The number of halogens is 1. The molecule has 136 valence electrons. The summed E-state index contributed by atoms with van der Waals surface area (Å²) in [5.41, 5.74) is 1.84. The van der Waals surface area contributed by atoms with Gasteiger partial charge in [0.1, 0.15) is 4.60 Å². The van der Waals surface area contributed by atoms with Gasteiger partial charge in [0.05, 0.1) is 10.9 Å². The van der Waals surface area contributed by atoms with Crippen LogP contribution < -0.4 is 4.72 Å². The van der Waals surface area contributed by atoms with E-state index in [1.54, 1.807) is 24.3 Å². The molecule has 0 fully saturated rings. The number of benzene rings is 1.